The zero-order chi connectivity index (χ0) is 25.7. The number of rotatable bonds is 8. The molecular formula is C27H31ClN6O2. The van der Waals surface area contributed by atoms with Crippen molar-refractivity contribution in [2.75, 3.05) is 50.6 Å². The SMILES string of the molecule is COCCN(C)C1CCN(c2ccc(NC(=O)c3cnn(-c4ccc(Cl)cc4)c3C)cc2C#N)CC1. The van der Waals surface area contributed by atoms with Gasteiger partial charge in [0.1, 0.15) is 6.07 Å². The molecule has 188 valence electrons. The van der Waals surface area contributed by atoms with Gasteiger partial charge in [0.2, 0.25) is 0 Å². The summed E-state index contributed by atoms with van der Waals surface area (Å²) in [5, 5.41) is 17.7. The Hall–Kier alpha value is -3.38. The summed E-state index contributed by atoms with van der Waals surface area (Å²) in [6.45, 7) is 5.24. The maximum Gasteiger partial charge on any atom is 0.259 e. The summed E-state index contributed by atoms with van der Waals surface area (Å²) in [4.78, 5) is 17.6. The van der Waals surface area contributed by atoms with Gasteiger partial charge in [-0.3, -0.25) is 4.79 Å². The van der Waals surface area contributed by atoms with Crippen molar-refractivity contribution in [3.05, 3.63) is 70.5 Å². The van der Waals surface area contributed by atoms with Gasteiger partial charge in [-0.15, -0.1) is 0 Å². The Morgan fingerprint density at radius 1 is 1.25 bits per heavy atom. The fraction of sp³-hybridized carbons (Fsp3) is 0.370. The lowest BCUT2D eigenvalue weighted by molar-refractivity contribution is 0.102. The maximum absolute atomic E-state index is 13.0. The Morgan fingerprint density at radius 3 is 2.64 bits per heavy atom. The van der Waals surface area contributed by atoms with Crippen LogP contribution >= 0.6 is 11.6 Å². The van der Waals surface area contributed by atoms with E-state index in [-0.39, 0.29) is 5.91 Å². The highest BCUT2D eigenvalue weighted by molar-refractivity contribution is 6.30. The summed E-state index contributed by atoms with van der Waals surface area (Å²) in [6, 6.07) is 15.6. The Bertz CT molecular complexity index is 1240. The molecule has 0 saturated carbocycles. The molecule has 3 aromatic rings. The van der Waals surface area contributed by atoms with Gasteiger partial charge in [-0.25, -0.2) is 4.68 Å². The normalized spacial score (nSPS) is 14.2. The van der Waals surface area contributed by atoms with Crippen LogP contribution in [0.15, 0.2) is 48.7 Å². The van der Waals surface area contributed by atoms with Crippen molar-refractivity contribution in [2.45, 2.75) is 25.8 Å². The van der Waals surface area contributed by atoms with Gasteiger partial charge < -0.3 is 19.9 Å². The van der Waals surface area contributed by atoms with Crippen molar-refractivity contribution in [3.63, 3.8) is 0 Å². The van der Waals surface area contributed by atoms with Gasteiger partial charge in [-0.2, -0.15) is 10.4 Å². The van der Waals surface area contributed by atoms with Crippen molar-refractivity contribution >= 4 is 28.9 Å². The van der Waals surface area contributed by atoms with Crippen molar-refractivity contribution in [3.8, 4) is 11.8 Å². The first-order chi connectivity index (χ1) is 17.4. The third-order valence-corrected chi connectivity index (χ3v) is 7.03. The number of carbonyl (C=O) groups excluding carboxylic acids is 1. The van der Waals surface area contributed by atoms with Crippen LogP contribution in [-0.2, 0) is 4.74 Å². The lowest BCUT2D eigenvalue weighted by atomic mass is 10.0. The summed E-state index contributed by atoms with van der Waals surface area (Å²) in [7, 11) is 3.86. The minimum absolute atomic E-state index is 0.274. The number of nitrogens with one attached hydrogen (secondary N) is 1. The van der Waals surface area contributed by atoms with Gasteiger partial charge in [-0.05, 0) is 69.3 Å². The molecule has 1 aliphatic rings. The van der Waals surface area contributed by atoms with E-state index in [4.69, 9.17) is 16.3 Å². The zero-order valence-corrected chi connectivity index (χ0v) is 21.6. The second-order valence-corrected chi connectivity index (χ2v) is 9.46. The number of likely N-dealkylation sites (N-methyl/N-ethyl adjacent to an activating group) is 1. The topological polar surface area (TPSA) is 86.4 Å². The van der Waals surface area contributed by atoms with E-state index in [0.717, 1.165) is 50.5 Å². The predicted octanol–water partition coefficient (Wildman–Crippen LogP) is 4.51. The number of carbonyl (C=O) groups is 1. The minimum Gasteiger partial charge on any atom is -0.383 e. The fourth-order valence-corrected chi connectivity index (χ4v) is 4.74. The number of methoxy groups -OCH3 is 1. The Kier molecular flexibility index (Phi) is 8.26. The Labute approximate surface area is 217 Å². The highest BCUT2D eigenvalue weighted by atomic mass is 35.5. The molecule has 1 fully saturated rings. The standard InChI is InChI=1S/C27H31ClN6O2/c1-19-25(18-30-34(19)24-7-4-21(28)5-8-24)27(35)31-22-6-9-26(20(16-22)17-29)33-12-10-23(11-13-33)32(2)14-15-36-3/h4-9,16,18,23H,10-15H2,1-3H3,(H,31,35). The summed E-state index contributed by atoms with van der Waals surface area (Å²) >= 11 is 5.98. The highest BCUT2D eigenvalue weighted by Gasteiger charge is 2.24. The smallest absolute Gasteiger partial charge is 0.259 e. The number of hydrogen-bond donors (Lipinski definition) is 1. The van der Waals surface area contributed by atoms with Crippen LogP contribution in [0.5, 0.6) is 0 Å². The van der Waals surface area contributed by atoms with Crippen LogP contribution in [0.2, 0.25) is 5.02 Å². The van der Waals surface area contributed by atoms with Gasteiger partial charge >= 0.3 is 0 Å². The number of piperidine rings is 1. The van der Waals surface area contributed by atoms with E-state index in [1.54, 1.807) is 36.2 Å². The third kappa shape index (κ3) is 5.71. The molecule has 1 aliphatic heterocycles. The molecular weight excluding hydrogens is 476 g/mol. The molecule has 36 heavy (non-hydrogen) atoms. The van der Waals surface area contributed by atoms with Crippen LogP contribution in [0.4, 0.5) is 11.4 Å². The molecule has 1 aromatic heterocycles. The Balaban J connectivity index is 1.43. The summed E-state index contributed by atoms with van der Waals surface area (Å²) in [5.41, 5.74) is 4.03. The summed E-state index contributed by atoms with van der Waals surface area (Å²) in [5.74, 6) is -0.274. The molecule has 1 saturated heterocycles. The molecule has 0 unspecified atom stereocenters. The number of nitriles is 1. The van der Waals surface area contributed by atoms with E-state index >= 15 is 0 Å². The lowest BCUT2D eigenvalue weighted by Gasteiger charge is -2.38. The number of benzene rings is 2. The summed E-state index contributed by atoms with van der Waals surface area (Å²) < 4.78 is 6.90. The lowest BCUT2D eigenvalue weighted by Crippen LogP contribution is -2.44. The summed E-state index contributed by atoms with van der Waals surface area (Å²) in [6.07, 6.45) is 3.60. The number of halogens is 1. The quantitative estimate of drug-likeness (QED) is 0.484. The molecule has 2 aromatic carbocycles. The minimum atomic E-state index is -0.274. The van der Waals surface area contributed by atoms with Crippen LogP contribution in [0.1, 0.15) is 34.5 Å². The first-order valence-corrected chi connectivity index (χ1v) is 12.4. The van der Waals surface area contributed by atoms with E-state index in [1.807, 2.05) is 31.2 Å². The molecule has 8 nitrogen and oxygen atoms in total. The largest absolute Gasteiger partial charge is 0.383 e. The molecule has 0 spiro atoms. The first-order valence-electron chi connectivity index (χ1n) is 12.0. The number of anilines is 2. The van der Waals surface area contributed by atoms with Crippen LogP contribution in [-0.4, -0.2) is 67.0 Å². The number of ether oxygens (including phenoxy) is 1. The average molecular weight is 507 g/mol. The maximum atomic E-state index is 13.0. The predicted molar refractivity (Wildman–Crippen MR) is 142 cm³/mol. The molecule has 0 aliphatic carbocycles. The number of amides is 1. The van der Waals surface area contributed by atoms with Crippen LogP contribution in [0.3, 0.4) is 0 Å². The van der Waals surface area contributed by atoms with Crippen molar-refractivity contribution in [1.29, 1.82) is 5.26 Å². The molecule has 1 N–H and O–H groups in total. The van der Waals surface area contributed by atoms with E-state index in [9.17, 15) is 10.1 Å². The van der Waals surface area contributed by atoms with E-state index in [0.29, 0.717) is 33.6 Å². The van der Waals surface area contributed by atoms with Gasteiger partial charge in [0.15, 0.2) is 0 Å². The van der Waals surface area contributed by atoms with E-state index in [1.165, 1.54) is 0 Å². The van der Waals surface area contributed by atoms with Gasteiger partial charge in [0, 0.05) is 43.5 Å². The molecule has 0 bridgehead atoms. The van der Waals surface area contributed by atoms with Crippen LogP contribution in [0.25, 0.3) is 5.69 Å². The first kappa shape index (κ1) is 25.7. The van der Waals surface area contributed by atoms with Crippen molar-refractivity contribution in [1.82, 2.24) is 14.7 Å². The Morgan fingerprint density at radius 2 is 1.97 bits per heavy atom. The van der Waals surface area contributed by atoms with E-state index in [2.05, 4.69) is 33.3 Å². The molecule has 9 heteroatoms. The van der Waals surface area contributed by atoms with Gasteiger partial charge in [0.25, 0.3) is 5.91 Å². The fourth-order valence-electron chi connectivity index (χ4n) is 4.62. The third-order valence-electron chi connectivity index (χ3n) is 6.78. The van der Waals surface area contributed by atoms with Crippen LogP contribution < -0.4 is 10.2 Å². The van der Waals surface area contributed by atoms with Crippen LogP contribution in [0, 0.1) is 18.3 Å². The zero-order valence-electron chi connectivity index (χ0n) is 20.9. The highest BCUT2D eigenvalue weighted by Crippen LogP contribution is 2.28. The average Bonchev–Trinajstić information content (AvgIpc) is 3.29. The number of nitrogens with zero attached hydrogens (tertiary/aromatic N) is 5. The molecule has 0 radical (unpaired) electrons. The number of aromatic nitrogens is 2. The van der Waals surface area contributed by atoms with E-state index < -0.39 is 0 Å². The molecule has 1 amide bonds. The van der Waals surface area contributed by atoms with Crippen molar-refractivity contribution in [2.24, 2.45) is 0 Å². The second kappa shape index (κ2) is 11.6. The van der Waals surface area contributed by atoms with Gasteiger partial charge in [-0.1, -0.05) is 11.6 Å². The van der Waals surface area contributed by atoms with Crippen molar-refractivity contribution < 1.29 is 9.53 Å². The monoisotopic (exact) mass is 506 g/mol. The molecule has 0 atom stereocenters. The van der Waals surface area contributed by atoms with Gasteiger partial charge in [0.05, 0.1) is 41.0 Å². The molecule has 4 rings (SSSR count). The number of hydrogen-bond acceptors (Lipinski definition) is 6. The molecule has 2 heterocycles. The second-order valence-electron chi connectivity index (χ2n) is 9.02.